The van der Waals surface area contributed by atoms with Crippen LogP contribution in [0.4, 0.5) is 0 Å². The predicted octanol–water partition coefficient (Wildman–Crippen LogP) is 10.2. The number of nitrogens with zero attached hydrogens (tertiary/aromatic N) is 3. The number of fused-ring (bicyclic) bond motifs is 9. The number of aromatic nitrogens is 3. The van der Waals surface area contributed by atoms with E-state index < -0.39 is 0 Å². The van der Waals surface area contributed by atoms with Gasteiger partial charge in [0.05, 0.1) is 0 Å². The van der Waals surface area contributed by atoms with E-state index in [1.807, 2.05) is 42.5 Å². The molecule has 0 radical (unpaired) electrons. The molecule has 43 heavy (non-hydrogen) atoms. The fourth-order valence-electron chi connectivity index (χ4n) is 6.39. The molecule has 4 nitrogen and oxygen atoms in total. The first-order valence-corrected chi connectivity index (χ1v) is 14.4. The quantitative estimate of drug-likeness (QED) is 0.206. The summed E-state index contributed by atoms with van der Waals surface area (Å²) in [6.07, 6.45) is 0. The SMILES string of the molecule is c1ccc(-c2nc(-c3cccc4ccccc34)nc(-c3cccc4c5oc6ccccc6c5c5ccccc5c34)n2)cc1. The van der Waals surface area contributed by atoms with E-state index in [9.17, 15) is 0 Å². The molecule has 0 fully saturated rings. The molecule has 0 atom stereocenters. The summed E-state index contributed by atoms with van der Waals surface area (Å²) >= 11 is 0. The minimum absolute atomic E-state index is 0.628. The topological polar surface area (TPSA) is 51.8 Å². The lowest BCUT2D eigenvalue weighted by atomic mass is 9.93. The Balaban J connectivity index is 1.41. The zero-order valence-corrected chi connectivity index (χ0v) is 23.0. The van der Waals surface area contributed by atoms with Crippen LogP contribution < -0.4 is 0 Å². The van der Waals surface area contributed by atoms with E-state index in [0.29, 0.717) is 17.5 Å². The van der Waals surface area contributed by atoms with Gasteiger partial charge in [0.25, 0.3) is 0 Å². The van der Waals surface area contributed by atoms with Gasteiger partial charge in [-0.3, -0.25) is 0 Å². The van der Waals surface area contributed by atoms with Crippen LogP contribution >= 0.6 is 0 Å². The van der Waals surface area contributed by atoms with Crippen LogP contribution in [0.2, 0.25) is 0 Å². The highest BCUT2D eigenvalue weighted by Gasteiger charge is 2.20. The monoisotopic (exact) mass is 549 g/mol. The van der Waals surface area contributed by atoms with Crippen molar-refractivity contribution in [3.8, 4) is 34.2 Å². The Morgan fingerprint density at radius 3 is 1.77 bits per heavy atom. The van der Waals surface area contributed by atoms with Gasteiger partial charge in [0.1, 0.15) is 11.2 Å². The molecule has 0 spiro atoms. The zero-order chi connectivity index (χ0) is 28.3. The van der Waals surface area contributed by atoms with Gasteiger partial charge in [-0.15, -0.1) is 0 Å². The summed E-state index contributed by atoms with van der Waals surface area (Å²) in [4.78, 5) is 15.3. The molecule has 0 unspecified atom stereocenters. The Labute approximate surface area is 246 Å². The van der Waals surface area contributed by atoms with Gasteiger partial charge in [-0.2, -0.15) is 0 Å². The molecule has 0 bridgehead atoms. The standard InChI is InChI=1S/C39H23N3O/c1-2-13-25(14-3-1)37-40-38(29-20-10-15-24-12-4-5-16-26(24)29)42-39(41-37)32-22-11-21-31-34(32)27-17-6-7-18-28(27)35-30-19-8-9-23-33(30)43-36(31)35/h1-23H. The Kier molecular flexibility index (Phi) is 5.16. The number of hydrogen-bond acceptors (Lipinski definition) is 4. The van der Waals surface area contributed by atoms with Crippen molar-refractivity contribution in [2.75, 3.05) is 0 Å². The third-order valence-electron chi connectivity index (χ3n) is 8.31. The number of para-hydroxylation sites is 1. The van der Waals surface area contributed by atoms with Gasteiger partial charge in [-0.1, -0.05) is 133 Å². The van der Waals surface area contributed by atoms with Crippen LogP contribution in [0.25, 0.3) is 88.4 Å². The van der Waals surface area contributed by atoms with Gasteiger partial charge >= 0.3 is 0 Å². The second-order valence-corrected chi connectivity index (χ2v) is 10.8. The van der Waals surface area contributed by atoms with Crippen molar-refractivity contribution in [1.82, 2.24) is 15.0 Å². The van der Waals surface area contributed by atoms with Gasteiger partial charge in [-0.25, -0.2) is 15.0 Å². The van der Waals surface area contributed by atoms with E-state index in [0.717, 1.165) is 70.9 Å². The molecule has 9 rings (SSSR count). The molecule has 0 saturated heterocycles. The van der Waals surface area contributed by atoms with Gasteiger partial charge in [-0.05, 0) is 27.6 Å². The Hall–Kier alpha value is -5.87. The maximum Gasteiger partial charge on any atom is 0.164 e. The molecule has 0 aliphatic heterocycles. The summed E-state index contributed by atoms with van der Waals surface area (Å²) < 4.78 is 6.55. The number of benzene rings is 7. The van der Waals surface area contributed by atoms with Gasteiger partial charge in [0.15, 0.2) is 17.5 Å². The molecule has 0 saturated carbocycles. The molecule has 7 aromatic carbocycles. The summed E-state index contributed by atoms with van der Waals surface area (Å²) in [7, 11) is 0. The smallest absolute Gasteiger partial charge is 0.164 e. The zero-order valence-electron chi connectivity index (χ0n) is 23.0. The Morgan fingerprint density at radius 1 is 0.372 bits per heavy atom. The lowest BCUT2D eigenvalue weighted by Gasteiger charge is -2.13. The van der Waals surface area contributed by atoms with E-state index in [1.54, 1.807) is 0 Å². The van der Waals surface area contributed by atoms with Crippen LogP contribution in [0.3, 0.4) is 0 Å². The molecular weight excluding hydrogens is 526 g/mol. The third kappa shape index (κ3) is 3.67. The summed E-state index contributed by atoms with van der Waals surface area (Å²) in [5, 5.41) is 8.89. The molecule has 0 aliphatic carbocycles. The van der Waals surface area contributed by atoms with Crippen LogP contribution in [0, 0.1) is 0 Å². The molecule has 0 amide bonds. The second-order valence-electron chi connectivity index (χ2n) is 10.8. The van der Waals surface area contributed by atoms with Gasteiger partial charge < -0.3 is 4.42 Å². The maximum absolute atomic E-state index is 6.55. The highest BCUT2D eigenvalue weighted by Crippen LogP contribution is 2.43. The number of rotatable bonds is 3. The number of hydrogen-bond donors (Lipinski definition) is 0. The van der Waals surface area contributed by atoms with E-state index in [2.05, 4.69) is 97.1 Å². The van der Waals surface area contributed by atoms with Crippen LogP contribution in [0.5, 0.6) is 0 Å². The van der Waals surface area contributed by atoms with Crippen LogP contribution in [0.15, 0.2) is 144 Å². The molecule has 0 aliphatic rings. The van der Waals surface area contributed by atoms with Crippen molar-refractivity contribution in [2.24, 2.45) is 0 Å². The maximum atomic E-state index is 6.55. The minimum atomic E-state index is 0.628. The summed E-state index contributed by atoms with van der Waals surface area (Å²) in [6.45, 7) is 0. The average Bonchev–Trinajstić information content (AvgIpc) is 3.48. The summed E-state index contributed by atoms with van der Waals surface area (Å²) in [5.74, 6) is 1.91. The highest BCUT2D eigenvalue weighted by molar-refractivity contribution is 6.32. The van der Waals surface area contributed by atoms with Gasteiger partial charge in [0, 0.05) is 38.2 Å². The molecule has 0 N–H and O–H groups in total. The molecular formula is C39H23N3O. The fraction of sp³-hybridized carbons (Fsp3) is 0. The first-order chi connectivity index (χ1) is 21.3. The largest absolute Gasteiger partial charge is 0.455 e. The molecule has 200 valence electrons. The van der Waals surface area contributed by atoms with Crippen molar-refractivity contribution in [3.63, 3.8) is 0 Å². The lowest BCUT2D eigenvalue weighted by Crippen LogP contribution is -2.01. The first-order valence-electron chi connectivity index (χ1n) is 14.4. The van der Waals surface area contributed by atoms with E-state index in [4.69, 9.17) is 19.4 Å². The fourth-order valence-corrected chi connectivity index (χ4v) is 6.39. The molecule has 2 heterocycles. The molecule has 2 aromatic heterocycles. The predicted molar refractivity (Wildman–Crippen MR) is 176 cm³/mol. The second kappa shape index (κ2) is 9.33. The van der Waals surface area contributed by atoms with E-state index in [-0.39, 0.29) is 0 Å². The third-order valence-corrected chi connectivity index (χ3v) is 8.31. The van der Waals surface area contributed by atoms with Crippen molar-refractivity contribution in [1.29, 1.82) is 0 Å². The number of furan rings is 1. The Bertz CT molecular complexity index is 2510. The lowest BCUT2D eigenvalue weighted by molar-refractivity contribution is 0.673. The van der Waals surface area contributed by atoms with E-state index in [1.165, 1.54) is 0 Å². The molecule has 9 aromatic rings. The highest BCUT2D eigenvalue weighted by atomic mass is 16.3. The minimum Gasteiger partial charge on any atom is -0.455 e. The van der Waals surface area contributed by atoms with Crippen LogP contribution in [0.1, 0.15) is 0 Å². The van der Waals surface area contributed by atoms with E-state index >= 15 is 0 Å². The van der Waals surface area contributed by atoms with Crippen molar-refractivity contribution in [2.45, 2.75) is 0 Å². The summed E-state index contributed by atoms with van der Waals surface area (Å²) in [5.41, 5.74) is 4.62. The molecule has 4 heteroatoms. The van der Waals surface area contributed by atoms with Crippen molar-refractivity contribution >= 4 is 54.3 Å². The normalized spacial score (nSPS) is 11.7. The first kappa shape index (κ1) is 23.8. The van der Waals surface area contributed by atoms with Crippen LogP contribution in [-0.2, 0) is 0 Å². The van der Waals surface area contributed by atoms with Gasteiger partial charge in [0.2, 0.25) is 0 Å². The Morgan fingerprint density at radius 2 is 0.930 bits per heavy atom. The van der Waals surface area contributed by atoms with Crippen LogP contribution in [-0.4, -0.2) is 15.0 Å². The summed E-state index contributed by atoms with van der Waals surface area (Å²) in [6, 6.07) is 47.9. The van der Waals surface area contributed by atoms with Crippen molar-refractivity contribution < 1.29 is 4.42 Å². The average molecular weight is 550 g/mol. The van der Waals surface area contributed by atoms with Crippen molar-refractivity contribution in [3.05, 3.63) is 140 Å².